The Morgan fingerprint density at radius 1 is 1.18 bits per heavy atom. The van der Waals surface area contributed by atoms with Crippen LogP contribution in [-0.2, 0) is 4.79 Å². The Kier molecular flexibility index (Phi) is 5.14. The van der Waals surface area contributed by atoms with Gasteiger partial charge in [-0.1, -0.05) is 6.07 Å². The molecule has 146 valence electrons. The number of likely N-dealkylation sites (tertiary alicyclic amines) is 1. The molecule has 28 heavy (non-hydrogen) atoms. The maximum Gasteiger partial charge on any atom is 0.317 e. The molecule has 0 spiro atoms. The van der Waals surface area contributed by atoms with Gasteiger partial charge in [0.05, 0.1) is 6.54 Å². The Balaban J connectivity index is 1.37. The van der Waals surface area contributed by atoms with E-state index in [2.05, 4.69) is 9.97 Å². The topological polar surface area (TPSA) is 73.8 Å². The van der Waals surface area contributed by atoms with E-state index < -0.39 is 0 Å². The number of hydrogen-bond acceptors (Lipinski definition) is 6. The number of aromatic nitrogens is 2. The monoisotopic (exact) mass is 381 g/mol. The largest absolute Gasteiger partial charge is 0.458 e. The van der Waals surface area contributed by atoms with E-state index in [0.717, 1.165) is 42.1 Å². The van der Waals surface area contributed by atoms with Crippen LogP contribution in [0, 0.1) is 13.8 Å². The van der Waals surface area contributed by atoms with E-state index in [1.54, 1.807) is 17.1 Å². The molecular formula is C21H23N3O4. The van der Waals surface area contributed by atoms with Crippen molar-refractivity contribution in [1.82, 2.24) is 14.9 Å². The van der Waals surface area contributed by atoms with Crippen LogP contribution < -0.4 is 14.2 Å². The average Bonchev–Trinajstić information content (AvgIpc) is 3.13. The van der Waals surface area contributed by atoms with Crippen LogP contribution in [0.1, 0.15) is 29.8 Å². The van der Waals surface area contributed by atoms with Crippen LogP contribution in [0.15, 0.2) is 30.3 Å². The molecule has 2 aliphatic heterocycles. The van der Waals surface area contributed by atoms with E-state index in [1.807, 2.05) is 38.1 Å². The summed E-state index contributed by atoms with van der Waals surface area (Å²) in [5.41, 5.74) is 2.64. The third kappa shape index (κ3) is 4.24. The number of amides is 1. The summed E-state index contributed by atoms with van der Waals surface area (Å²) in [6, 6.07) is 7.90. The van der Waals surface area contributed by atoms with Crippen LogP contribution >= 0.6 is 0 Å². The minimum absolute atomic E-state index is 0.0349. The Morgan fingerprint density at radius 3 is 2.79 bits per heavy atom. The average molecular weight is 381 g/mol. The molecule has 3 heterocycles. The van der Waals surface area contributed by atoms with Gasteiger partial charge in [-0.15, -0.1) is 0 Å². The van der Waals surface area contributed by atoms with Gasteiger partial charge in [0.2, 0.25) is 12.7 Å². The SMILES string of the molecule is Cc1cc(C)nc(O[C@H]2CCCN(C(=O)/C=C/c3ccc4c(c3)OCO4)C2)n1. The van der Waals surface area contributed by atoms with Crippen molar-refractivity contribution in [3.63, 3.8) is 0 Å². The number of piperidine rings is 1. The smallest absolute Gasteiger partial charge is 0.317 e. The summed E-state index contributed by atoms with van der Waals surface area (Å²) in [5, 5.41) is 0. The first-order valence-electron chi connectivity index (χ1n) is 9.42. The van der Waals surface area contributed by atoms with Gasteiger partial charge in [-0.25, -0.2) is 9.97 Å². The second-order valence-corrected chi connectivity index (χ2v) is 7.05. The zero-order valence-electron chi connectivity index (χ0n) is 16.1. The highest BCUT2D eigenvalue weighted by molar-refractivity contribution is 5.92. The van der Waals surface area contributed by atoms with E-state index in [4.69, 9.17) is 14.2 Å². The molecule has 0 N–H and O–H groups in total. The highest BCUT2D eigenvalue weighted by Gasteiger charge is 2.24. The summed E-state index contributed by atoms with van der Waals surface area (Å²) in [5.74, 6) is 1.40. The zero-order valence-corrected chi connectivity index (χ0v) is 16.1. The standard InChI is InChI=1S/C21H23N3O4/c1-14-10-15(2)23-21(22-14)28-17-4-3-9-24(12-17)20(25)8-6-16-5-7-18-19(11-16)27-13-26-18/h5-8,10-11,17H,3-4,9,12-13H2,1-2H3/b8-6+/t17-/m0/s1. The number of carbonyl (C=O) groups is 1. The van der Waals surface area contributed by atoms with Gasteiger partial charge in [-0.05, 0) is 56.5 Å². The van der Waals surface area contributed by atoms with Gasteiger partial charge in [0.15, 0.2) is 11.5 Å². The summed E-state index contributed by atoms with van der Waals surface area (Å²) < 4.78 is 16.6. The molecule has 1 aromatic heterocycles. The van der Waals surface area contributed by atoms with Crippen molar-refractivity contribution in [3.8, 4) is 17.5 Å². The Labute approximate surface area is 164 Å². The predicted octanol–water partition coefficient (Wildman–Crippen LogP) is 2.91. The van der Waals surface area contributed by atoms with Gasteiger partial charge in [-0.3, -0.25) is 4.79 Å². The summed E-state index contributed by atoms with van der Waals surface area (Å²) in [4.78, 5) is 23.1. The van der Waals surface area contributed by atoms with Gasteiger partial charge < -0.3 is 19.1 Å². The van der Waals surface area contributed by atoms with Crippen molar-refractivity contribution in [2.24, 2.45) is 0 Å². The fraction of sp³-hybridized carbons (Fsp3) is 0.381. The second-order valence-electron chi connectivity index (χ2n) is 7.05. The maximum atomic E-state index is 12.6. The van der Waals surface area contributed by atoms with Crippen LogP contribution in [0.25, 0.3) is 6.08 Å². The van der Waals surface area contributed by atoms with Crippen LogP contribution in [0.4, 0.5) is 0 Å². The maximum absolute atomic E-state index is 12.6. The Morgan fingerprint density at radius 2 is 1.96 bits per heavy atom. The van der Waals surface area contributed by atoms with Crippen LogP contribution in [0.2, 0.25) is 0 Å². The Hall–Kier alpha value is -3.09. The summed E-state index contributed by atoms with van der Waals surface area (Å²) in [6.07, 6.45) is 5.05. The molecule has 0 radical (unpaired) electrons. The fourth-order valence-electron chi connectivity index (χ4n) is 3.42. The second kappa shape index (κ2) is 7.88. The predicted molar refractivity (Wildman–Crippen MR) is 103 cm³/mol. The molecule has 7 heteroatoms. The molecule has 1 atom stereocenters. The van der Waals surface area contributed by atoms with Crippen molar-refractivity contribution < 1.29 is 19.0 Å². The lowest BCUT2D eigenvalue weighted by molar-refractivity contribution is -0.128. The molecule has 1 amide bonds. The number of benzene rings is 1. The number of fused-ring (bicyclic) bond motifs is 1. The number of hydrogen-bond donors (Lipinski definition) is 0. The van der Waals surface area contributed by atoms with Gasteiger partial charge in [0.25, 0.3) is 0 Å². The molecule has 1 aromatic carbocycles. The first kappa shape index (κ1) is 18.3. The van der Waals surface area contributed by atoms with Crippen molar-refractivity contribution >= 4 is 12.0 Å². The highest BCUT2D eigenvalue weighted by atomic mass is 16.7. The molecule has 2 aliphatic rings. The first-order chi connectivity index (χ1) is 13.6. The zero-order chi connectivity index (χ0) is 19.5. The molecule has 2 aromatic rings. The molecule has 1 fully saturated rings. The van der Waals surface area contributed by atoms with Crippen molar-refractivity contribution in [2.75, 3.05) is 19.9 Å². The van der Waals surface area contributed by atoms with Gasteiger partial charge in [0, 0.05) is 24.0 Å². The number of aryl methyl sites for hydroxylation is 2. The number of rotatable bonds is 4. The molecule has 0 aliphatic carbocycles. The molecule has 7 nitrogen and oxygen atoms in total. The third-order valence-electron chi connectivity index (χ3n) is 4.74. The van der Waals surface area contributed by atoms with E-state index in [1.165, 1.54) is 0 Å². The fourth-order valence-corrected chi connectivity index (χ4v) is 3.42. The van der Waals surface area contributed by atoms with E-state index in [0.29, 0.717) is 18.3 Å². The van der Waals surface area contributed by atoms with Crippen LogP contribution in [-0.4, -0.2) is 46.8 Å². The molecule has 0 saturated carbocycles. The minimum atomic E-state index is -0.0992. The Bertz CT molecular complexity index is 892. The lowest BCUT2D eigenvalue weighted by Crippen LogP contribution is -2.44. The van der Waals surface area contributed by atoms with Gasteiger partial charge >= 0.3 is 6.01 Å². The van der Waals surface area contributed by atoms with Gasteiger partial charge in [-0.2, -0.15) is 0 Å². The van der Waals surface area contributed by atoms with Crippen LogP contribution in [0.3, 0.4) is 0 Å². The third-order valence-corrected chi connectivity index (χ3v) is 4.74. The minimum Gasteiger partial charge on any atom is -0.458 e. The summed E-state index contributed by atoms with van der Waals surface area (Å²) >= 11 is 0. The quantitative estimate of drug-likeness (QED) is 0.758. The molecule has 0 unspecified atom stereocenters. The van der Waals surface area contributed by atoms with E-state index >= 15 is 0 Å². The molecule has 1 saturated heterocycles. The highest BCUT2D eigenvalue weighted by Crippen LogP contribution is 2.32. The lowest BCUT2D eigenvalue weighted by atomic mass is 10.1. The summed E-state index contributed by atoms with van der Waals surface area (Å²) in [7, 11) is 0. The van der Waals surface area contributed by atoms with E-state index in [9.17, 15) is 4.79 Å². The van der Waals surface area contributed by atoms with Crippen LogP contribution in [0.5, 0.6) is 17.5 Å². The van der Waals surface area contributed by atoms with Crippen molar-refractivity contribution in [3.05, 3.63) is 47.3 Å². The molecule has 0 bridgehead atoms. The lowest BCUT2D eigenvalue weighted by Gasteiger charge is -2.31. The van der Waals surface area contributed by atoms with Crippen molar-refractivity contribution in [1.29, 1.82) is 0 Å². The number of ether oxygens (including phenoxy) is 3. The molecule has 4 rings (SSSR count). The van der Waals surface area contributed by atoms with E-state index in [-0.39, 0.29) is 18.8 Å². The van der Waals surface area contributed by atoms with Gasteiger partial charge in [0.1, 0.15) is 6.10 Å². The van der Waals surface area contributed by atoms with Crippen molar-refractivity contribution in [2.45, 2.75) is 32.8 Å². The number of carbonyl (C=O) groups excluding carboxylic acids is 1. The first-order valence-corrected chi connectivity index (χ1v) is 9.42. The number of nitrogens with zero attached hydrogens (tertiary/aromatic N) is 3. The summed E-state index contributed by atoms with van der Waals surface area (Å²) in [6.45, 7) is 5.32. The normalized spacial score (nSPS) is 18.5. The molecular weight excluding hydrogens is 358 g/mol.